The Kier molecular flexibility index (Phi) is 6.98. The number of sulfonamides is 1. The molecule has 0 fully saturated rings. The molecule has 0 aliphatic carbocycles. The number of rotatable bonds is 8. The first-order valence-electron chi connectivity index (χ1n) is 10.6. The topological polar surface area (TPSA) is 114 Å². The molecule has 0 atom stereocenters. The van der Waals surface area contributed by atoms with Gasteiger partial charge in [0.05, 0.1) is 34.4 Å². The van der Waals surface area contributed by atoms with Crippen LogP contribution in [0.25, 0.3) is 10.9 Å². The number of amides is 1. The summed E-state index contributed by atoms with van der Waals surface area (Å²) in [4.78, 5) is 14.7. The second-order valence-electron chi connectivity index (χ2n) is 8.26. The van der Waals surface area contributed by atoms with Crippen LogP contribution < -0.4 is 10.0 Å². The molecule has 2 aromatic heterocycles. The van der Waals surface area contributed by atoms with Crippen molar-refractivity contribution in [1.29, 1.82) is 0 Å². The highest BCUT2D eigenvalue weighted by molar-refractivity contribution is 7.92. The van der Waals surface area contributed by atoms with E-state index in [-0.39, 0.29) is 37.9 Å². The first-order chi connectivity index (χ1) is 16.9. The van der Waals surface area contributed by atoms with Crippen molar-refractivity contribution < 1.29 is 22.0 Å². The molecule has 2 heterocycles. The average molecular weight is 538 g/mol. The summed E-state index contributed by atoms with van der Waals surface area (Å²) >= 11 is 5.75. The number of hydrogen-bond acceptors (Lipinski definition) is 6. The van der Waals surface area contributed by atoms with Gasteiger partial charge in [-0.15, -0.1) is 0 Å². The van der Waals surface area contributed by atoms with Crippen LogP contribution >= 0.6 is 11.6 Å². The number of aromatic nitrogens is 4. The van der Waals surface area contributed by atoms with Gasteiger partial charge in [0.25, 0.3) is 15.9 Å². The van der Waals surface area contributed by atoms with Gasteiger partial charge in [-0.2, -0.15) is 10.2 Å². The zero-order valence-corrected chi connectivity index (χ0v) is 21.0. The Morgan fingerprint density at radius 3 is 2.58 bits per heavy atom. The molecule has 1 amide bonds. The number of nitrogens with one attached hydrogen (secondary N) is 2. The van der Waals surface area contributed by atoms with Crippen molar-refractivity contribution in [2.45, 2.75) is 11.4 Å². The van der Waals surface area contributed by atoms with Crippen LogP contribution in [-0.2, 0) is 23.6 Å². The Morgan fingerprint density at radius 1 is 1.14 bits per heavy atom. The minimum Gasteiger partial charge on any atom is -0.321 e. The molecule has 36 heavy (non-hydrogen) atoms. The lowest BCUT2D eigenvalue weighted by molar-refractivity contribution is 0.101. The van der Waals surface area contributed by atoms with Crippen molar-refractivity contribution in [2.75, 3.05) is 30.7 Å². The molecule has 0 spiro atoms. The van der Waals surface area contributed by atoms with Crippen molar-refractivity contribution in [3.05, 3.63) is 65.1 Å². The van der Waals surface area contributed by atoms with Crippen molar-refractivity contribution in [3.63, 3.8) is 0 Å². The maximum atomic E-state index is 15.1. The average Bonchev–Trinajstić information content (AvgIpc) is 3.39. The predicted octanol–water partition coefficient (Wildman–Crippen LogP) is 3.32. The van der Waals surface area contributed by atoms with Gasteiger partial charge in [0, 0.05) is 25.5 Å². The number of carbonyl (C=O) groups excluding carboxylic acids is 1. The summed E-state index contributed by atoms with van der Waals surface area (Å²) in [6.45, 7) is 1.16. The van der Waals surface area contributed by atoms with E-state index in [4.69, 9.17) is 11.6 Å². The molecule has 190 valence electrons. The number of hydrogen-bond donors (Lipinski definition) is 2. The van der Waals surface area contributed by atoms with E-state index in [1.165, 1.54) is 47.0 Å². The van der Waals surface area contributed by atoms with E-state index >= 15 is 4.39 Å². The summed E-state index contributed by atoms with van der Waals surface area (Å²) in [7, 11) is 1.16. The van der Waals surface area contributed by atoms with E-state index in [9.17, 15) is 17.6 Å². The summed E-state index contributed by atoms with van der Waals surface area (Å²) in [6, 6.07) is 5.90. The number of likely N-dealkylation sites (N-methyl/N-ethyl adjacent to an activating group) is 1. The lowest BCUT2D eigenvalue weighted by Crippen LogP contribution is -2.18. The summed E-state index contributed by atoms with van der Waals surface area (Å²) in [6.07, 6.45) is 2.59. The Bertz CT molecular complexity index is 1570. The third-order valence-electron chi connectivity index (χ3n) is 5.23. The Labute approximate surface area is 210 Å². The van der Waals surface area contributed by atoms with E-state index in [2.05, 4.69) is 20.2 Å². The molecule has 0 unspecified atom stereocenters. The maximum absolute atomic E-state index is 15.1. The van der Waals surface area contributed by atoms with Crippen LogP contribution in [0.15, 0.2) is 47.6 Å². The van der Waals surface area contributed by atoms with Crippen molar-refractivity contribution in [1.82, 2.24) is 24.5 Å². The van der Waals surface area contributed by atoms with Gasteiger partial charge in [-0.3, -0.25) is 18.9 Å². The lowest BCUT2D eigenvalue weighted by atomic mass is 10.1. The number of anilines is 2. The number of carbonyl (C=O) groups is 1. The van der Waals surface area contributed by atoms with Crippen LogP contribution in [0.2, 0.25) is 5.02 Å². The lowest BCUT2D eigenvalue weighted by Gasteiger charge is -2.09. The molecule has 2 N–H and O–H groups in total. The van der Waals surface area contributed by atoms with E-state index in [0.29, 0.717) is 13.1 Å². The molecule has 0 aliphatic heterocycles. The highest BCUT2D eigenvalue weighted by Gasteiger charge is 2.23. The van der Waals surface area contributed by atoms with E-state index in [1.54, 1.807) is 0 Å². The molecule has 0 bridgehead atoms. The van der Waals surface area contributed by atoms with Gasteiger partial charge >= 0.3 is 0 Å². The van der Waals surface area contributed by atoms with E-state index < -0.39 is 27.6 Å². The Balaban J connectivity index is 1.60. The molecular weight excluding hydrogens is 516 g/mol. The van der Waals surface area contributed by atoms with Crippen LogP contribution in [-0.4, -0.2) is 59.4 Å². The highest BCUT2D eigenvalue weighted by Crippen LogP contribution is 2.28. The van der Waals surface area contributed by atoms with E-state index in [0.717, 1.165) is 12.1 Å². The molecule has 2 aromatic carbocycles. The Morgan fingerprint density at radius 2 is 1.89 bits per heavy atom. The van der Waals surface area contributed by atoms with Gasteiger partial charge in [0.2, 0.25) is 0 Å². The second-order valence-corrected chi connectivity index (χ2v) is 10.3. The minimum atomic E-state index is -4.06. The first kappa shape index (κ1) is 25.5. The summed E-state index contributed by atoms with van der Waals surface area (Å²) in [5.41, 5.74) is 0.0757. The predicted molar refractivity (Wildman–Crippen MR) is 132 cm³/mol. The van der Waals surface area contributed by atoms with Crippen LogP contribution in [0.3, 0.4) is 0 Å². The largest absolute Gasteiger partial charge is 0.321 e. The highest BCUT2D eigenvalue weighted by atomic mass is 35.5. The normalized spacial score (nSPS) is 11.9. The SMILES string of the molecule is CN(C)CCn1cc(S(=O)(=O)Nc2cc(F)c3c(C(=O)Nc4ccc(F)c(Cl)c4)n(C)nc3c2)cn1. The molecule has 10 nitrogen and oxygen atoms in total. The summed E-state index contributed by atoms with van der Waals surface area (Å²) in [5.74, 6) is -2.22. The fourth-order valence-electron chi connectivity index (χ4n) is 3.48. The zero-order valence-electron chi connectivity index (χ0n) is 19.5. The smallest absolute Gasteiger partial charge is 0.274 e. The number of aryl methyl sites for hydroxylation is 1. The van der Waals surface area contributed by atoms with Gasteiger partial charge in [-0.1, -0.05) is 11.6 Å². The minimum absolute atomic E-state index is 0.0548. The number of benzene rings is 2. The molecule has 0 saturated carbocycles. The summed E-state index contributed by atoms with van der Waals surface area (Å²) in [5, 5.41) is 10.4. The summed E-state index contributed by atoms with van der Waals surface area (Å²) < 4.78 is 59.1. The van der Waals surface area contributed by atoms with Gasteiger partial charge in [0.1, 0.15) is 22.2 Å². The molecule has 4 rings (SSSR count). The van der Waals surface area contributed by atoms with E-state index in [1.807, 2.05) is 19.0 Å². The quantitative estimate of drug-likeness (QED) is 0.356. The fourth-order valence-corrected chi connectivity index (χ4v) is 4.66. The molecule has 0 radical (unpaired) electrons. The third-order valence-corrected chi connectivity index (χ3v) is 6.85. The van der Waals surface area contributed by atoms with Crippen molar-refractivity contribution in [3.8, 4) is 0 Å². The van der Waals surface area contributed by atoms with Gasteiger partial charge in [-0.25, -0.2) is 17.2 Å². The van der Waals surface area contributed by atoms with Crippen molar-refractivity contribution >= 4 is 49.8 Å². The molecular formula is C22H22ClF2N7O3S. The van der Waals surface area contributed by atoms with Crippen LogP contribution in [0.5, 0.6) is 0 Å². The van der Waals surface area contributed by atoms with Gasteiger partial charge < -0.3 is 10.2 Å². The maximum Gasteiger partial charge on any atom is 0.274 e. The van der Waals surface area contributed by atoms with Gasteiger partial charge in [-0.05, 0) is 44.4 Å². The van der Waals surface area contributed by atoms with Gasteiger partial charge in [0.15, 0.2) is 0 Å². The zero-order chi connectivity index (χ0) is 26.2. The van der Waals surface area contributed by atoms with Crippen molar-refractivity contribution in [2.24, 2.45) is 7.05 Å². The van der Waals surface area contributed by atoms with Crippen LogP contribution in [0.1, 0.15) is 10.5 Å². The molecule has 14 heteroatoms. The molecule has 0 aliphatic rings. The monoisotopic (exact) mass is 537 g/mol. The third kappa shape index (κ3) is 5.32. The molecule has 0 saturated heterocycles. The fraction of sp³-hybridized carbons (Fsp3) is 0.227. The number of halogens is 3. The van der Waals surface area contributed by atoms with Crippen LogP contribution in [0.4, 0.5) is 20.2 Å². The number of nitrogens with zero attached hydrogens (tertiary/aromatic N) is 5. The number of fused-ring (bicyclic) bond motifs is 1. The second kappa shape index (κ2) is 9.84. The van der Waals surface area contributed by atoms with Crippen LogP contribution in [0, 0.1) is 11.6 Å². The standard InChI is InChI=1S/C22H22ClF2N7O3S/c1-30(2)6-7-32-12-15(11-26-32)36(34,35)29-14-9-18(25)20-19(10-14)28-31(3)21(20)22(33)27-13-4-5-17(24)16(23)8-13/h4-5,8-12,29H,6-7H2,1-3H3,(H,27,33). The Hall–Kier alpha value is -3.55. The first-order valence-corrected chi connectivity index (χ1v) is 12.4. The molecule has 4 aromatic rings.